The molecule has 6 heteroatoms. The molecule has 2 aromatic heterocycles. The fourth-order valence-electron chi connectivity index (χ4n) is 6.46. The predicted molar refractivity (Wildman–Crippen MR) is 159 cm³/mol. The number of aromatic nitrogens is 1. The van der Waals surface area contributed by atoms with E-state index in [1.165, 1.54) is 47.4 Å². The molecule has 0 saturated carbocycles. The second-order valence-corrected chi connectivity index (χ2v) is 12.1. The number of aliphatic hydroxyl groups is 1. The molecule has 37 heavy (non-hydrogen) atoms. The second kappa shape index (κ2) is 12.1. The van der Waals surface area contributed by atoms with Crippen LogP contribution in [0, 0.1) is 0 Å². The monoisotopic (exact) mass is 556 g/mol. The maximum atomic E-state index is 11.9. The predicted octanol–water partition coefficient (Wildman–Crippen LogP) is 8.97. The van der Waals surface area contributed by atoms with Crippen LogP contribution in [-0.4, -0.2) is 33.7 Å². The summed E-state index contributed by atoms with van der Waals surface area (Å²) >= 11 is 14.9. The molecule has 1 N–H and O–H groups in total. The molecule has 1 saturated heterocycles. The van der Waals surface area contributed by atoms with Gasteiger partial charge in [0.25, 0.3) is 0 Å². The van der Waals surface area contributed by atoms with Crippen LogP contribution in [0.3, 0.4) is 0 Å². The number of rotatable bonds is 8. The van der Waals surface area contributed by atoms with Crippen molar-refractivity contribution in [2.45, 2.75) is 83.8 Å². The Labute approximate surface area is 235 Å². The Morgan fingerprint density at radius 2 is 1.86 bits per heavy atom. The Morgan fingerprint density at radius 1 is 1.05 bits per heavy atom. The van der Waals surface area contributed by atoms with Crippen LogP contribution >= 0.6 is 34.5 Å². The number of likely N-dealkylation sites (tertiary alicyclic amines) is 1. The summed E-state index contributed by atoms with van der Waals surface area (Å²) in [4.78, 5) is 2.61. The van der Waals surface area contributed by atoms with Gasteiger partial charge >= 0.3 is 0 Å². The Balaban J connectivity index is 1.65. The lowest BCUT2D eigenvalue weighted by atomic mass is 9.86. The zero-order valence-corrected chi connectivity index (χ0v) is 24.3. The fraction of sp³-hybridized carbons (Fsp3) is 0.484. The van der Waals surface area contributed by atoms with Gasteiger partial charge in [-0.25, -0.2) is 0 Å². The summed E-state index contributed by atoms with van der Waals surface area (Å²) < 4.78 is 2.34. The van der Waals surface area contributed by atoms with Crippen molar-refractivity contribution in [1.29, 1.82) is 0 Å². The number of nitrogens with zero attached hydrogens (tertiary/aromatic N) is 2. The van der Waals surface area contributed by atoms with Gasteiger partial charge in [0, 0.05) is 22.3 Å². The maximum absolute atomic E-state index is 11.9. The lowest BCUT2D eigenvalue weighted by molar-refractivity contribution is 0.0861. The Hall–Kier alpha value is -1.56. The minimum absolute atomic E-state index is 0.405. The van der Waals surface area contributed by atoms with Crippen molar-refractivity contribution in [2.75, 3.05) is 13.1 Å². The minimum Gasteiger partial charge on any atom is -0.388 e. The second-order valence-electron chi connectivity index (χ2n) is 10.5. The summed E-state index contributed by atoms with van der Waals surface area (Å²) in [6, 6.07) is 8.35. The van der Waals surface area contributed by atoms with E-state index in [2.05, 4.69) is 46.2 Å². The van der Waals surface area contributed by atoms with Crippen molar-refractivity contribution in [3.63, 3.8) is 0 Å². The zero-order chi connectivity index (χ0) is 25.9. The molecular weight excluding hydrogens is 519 g/mol. The average Bonchev–Trinajstić information content (AvgIpc) is 3.54. The SMILES string of the molecule is CCc1c(C(O)CC(CC)N2CCCCC2)c2c(n1-c1ccc(Cl)cc1Cl)/C(=C/c1ccsc1)CCC2. The summed E-state index contributed by atoms with van der Waals surface area (Å²) in [5.74, 6) is 0. The Bertz CT molecular complexity index is 1240. The molecule has 198 valence electrons. The van der Waals surface area contributed by atoms with Crippen molar-refractivity contribution in [1.82, 2.24) is 9.47 Å². The van der Waals surface area contributed by atoms with Crippen molar-refractivity contribution in [3.8, 4) is 5.69 Å². The van der Waals surface area contributed by atoms with Crippen molar-refractivity contribution < 1.29 is 5.11 Å². The molecule has 1 aromatic carbocycles. The third kappa shape index (κ3) is 5.60. The van der Waals surface area contributed by atoms with E-state index in [1.807, 2.05) is 18.2 Å². The molecule has 2 aliphatic rings. The van der Waals surface area contributed by atoms with E-state index in [4.69, 9.17) is 23.2 Å². The van der Waals surface area contributed by atoms with E-state index in [-0.39, 0.29) is 0 Å². The van der Waals surface area contributed by atoms with Gasteiger partial charge in [-0.15, -0.1) is 0 Å². The van der Waals surface area contributed by atoms with E-state index in [1.54, 1.807) is 11.3 Å². The highest BCUT2D eigenvalue weighted by Gasteiger charge is 2.33. The molecule has 3 nitrogen and oxygen atoms in total. The van der Waals surface area contributed by atoms with Crippen molar-refractivity contribution in [3.05, 3.63) is 73.1 Å². The van der Waals surface area contributed by atoms with Gasteiger partial charge in [-0.05, 0) is 122 Å². The highest BCUT2D eigenvalue weighted by molar-refractivity contribution is 7.08. The molecule has 0 bridgehead atoms. The first-order chi connectivity index (χ1) is 18.0. The Kier molecular flexibility index (Phi) is 8.83. The van der Waals surface area contributed by atoms with Gasteiger partial charge in [-0.1, -0.05) is 43.5 Å². The molecule has 1 aliphatic heterocycles. The van der Waals surface area contributed by atoms with Crippen molar-refractivity contribution >= 4 is 46.2 Å². The zero-order valence-electron chi connectivity index (χ0n) is 22.0. The van der Waals surface area contributed by atoms with Crippen LogP contribution in [0.5, 0.6) is 0 Å². The van der Waals surface area contributed by atoms with E-state index in [9.17, 15) is 5.11 Å². The summed E-state index contributed by atoms with van der Waals surface area (Å²) in [7, 11) is 0. The van der Waals surface area contributed by atoms with Crippen LogP contribution in [0.25, 0.3) is 17.3 Å². The van der Waals surface area contributed by atoms with Crippen LogP contribution < -0.4 is 0 Å². The van der Waals surface area contributed by atoms with Gasteiger partial charge in [0.05, 0.1) is 22.5 Å². The third-order valence-corrected chi connectivity index (χ3v) is 9.41. The first kappa shape index (κ1) is 27.0. The molecule has 5 rings (SSSR count). The maximum Gasteiger partial charge on any atom is 0.0825 e. The minimum atomic E-state index is -0.497. The largest absolute Gasteiger partial charge is 0.388 e. The Morgan fingerprint density at radius 3 is 2.54 bits per heavy atom. The first-order valence-electron chi connectivity index (χ1n) is 13.9. The van der Waals surface area contributed by atoms with Gasteiger partial charge in [0.1, 0.15) is 0 Å². The number of allylic oxidation sites excluding steroid dienone is 1. The van der Waals surface area contributed by atoms with E-state index < -0.39 is 6.10 Å². The molecular formula is C31H38Cl2N2OS. The van der Waals surface area contributed by atoms with Crippen LogP contribution in [-0.2, 0) is 12.8 Å². The number of benzene rings is 1. The normalized spacial score (nSPS) is 19.2. The number of hydrogen-bond donors (Lipinski definition) is 1. The molecule has 1 aliphatic carbocycles. The van der Waals surface area contributed by atoms with Crippen LogP contribution in [0.4, 0.5) is 0 Å². The van der Waals surface area contributed by atoms with E-state index in [0.29, 0.717) is 16.1 Å². The molecule has 3 aromatic rings. The lowest BCUT2D eigenvalue weighted by Gasteiger charge is -2.35. The molecule has 3 heterocycles. The van der Waals surface area contributed by atoms with Crippen molar-refractivity contribution in [2.24, 2.45) is 0 Å². The number of hydrogen-bond acceptors (Lipinski definition) is 3. The van der Waals surface area contributed by atoms with E-state index in [0.717, 1.165) is 62.9 Å². The summed E-state index contributed by atoms with van der Waals surface area (Å²) in [5, 5.41) is 17.5. The molecule has 0 amide bonds. The summed E-state index contributed by atoms with van der Waals surface area (Å²) in [6.45, 7) is 6.77. The quantitative estimate of drug-likeness (QED) is 0.299. The van der Waals surface area contributed by atoms with Crippen LogP contribution in [0.1, 0.15) is 93.0 Å². The number of piperidine rings is 1. The number of aliphatic hydroxyl groups excluding tert-OH is 1. The number of thiophene rings is 1. The summed E-state index contributed by atoms with van der Waals surface area (Å²) in [5.41, 5.74) is 8.33. The lowest BCUT2D eigenvalue weighted by Crippen LogP contribution is -2.39. The molecule has 2 atom stereocenters. The fourth-order valence-corrected chi connectivity index (χ4v) is 7.57. The summed E-state index contributed by atoms with van der Waals surface area (Å²) in [6.07, 6.45) is 11.4. The van der Waals surface area contributed by atoms with Gasteiger partial charge in [-0.2, -0.15) is 11.3 Å². The van der Waals surface area contributed by atoms with E-state index >= 15 is 0 Å². The third-order valence-electron chi connectivity index (χ3n) is 8.17. The van der Waals surface area contributed by atoms with Gasteiger partial charge in [-0.3, -0.25) is 0 Å². The molecule has 0 radical (unpaired) electrons. The van der Waals surface area contributed by atoms with Crippen LogP contribution in [0.15, 0.2) is 35.0 Å². The smallest absolute Gasteiger partial charge is 0.0825 e. The van der Waals surface area contributed by atoms with Gasteiger partial charge < -0.3 is 14.6 Å². The van der Waals surface area contributed by atoms with Gasteiger partial charge in [0.15, 0.2) is 0 Å². The molecule has 1 fully saturated rings. The number of fused-ring (bicyclic) bond motifs is 1. The number of halogens is 2. The first-order valence-corrected chi connectivity index (χ1v) is 15.6. The molecule has 0 spiro atoms. The average molecular weight is 558 g/mol. The van der Waals surface area contributed by atoms with Crippen LogP contribution in [0.2, 0.25) is 10.0 Å². The van der Waals surface area contributed by atoms with Gasteiger partial charge in [0.2, 0.25) is 0 Å². The molecule has 2 unspecified atom stereocenters. The highest BCUT2D eigenvalue weighted by atomic mass is 35.5. The highest BCUT2D eigenvalue weighted by Crippen LogP contribution is 2.44. The topological polar surface area (TPSA) is 28.4 Å². The standard InChI is InChI=1S/C31H38Cl2N2OS/c1-3-24(34-14-6-5-7-15-34)19-29(36)30-25-10-8-9-22(17-21-13-16-37-20-21)31(25)35(27(30)4-2)28-12-11-23(32)18-26(28)33/h11-13,16-18,20,24,29,36H,3-10,14-15,19H2,1-2H3/b22-17+.